The van der Waals surface area contributed by atoms with Crippen molar-refractivity contribution in [2.75, 3.05) is 0 Å². The second kappa shape index (κ2) is 4.03. The fourth-order valence-electron chi connectivity index (χ4n) is 1.01. The van der Waals surface area contributed by atoms with E-state index in [9.17, 15) is 4.79 Å². The minimum atomic E-state index is 0.0486. The highest BCUT2D eigenvalue weighted by molar-refractivity contribution is 5.95. The largest absolute Gasteiger partial charge is 0.292 e. The fraction of sp³-hybridized carbons (Fsp3) is 0.400. The molecule has 0 radical (unpaired) electrons. The molecular formula is C10H14N2O. The van der Waals surface area contributed by atoms with Gasteiger partial charge in [0.15, 0.2) is 5.78 Å². The van der Waals surface area contributed by atoms with Crippen molar-refractivity contribution in [3.63, 3.8) is 0 Å². The predicted octanol–water partition coefficient (Wildman–Crippen LogP) is 1.96. The van der Waals surface area contributed by atoms with Crippen molar-refractivity contribution in [1.82, 2.24) is 9.78 Å². The Morgan fingerprint density at radius 2 is 2.38 bits per heavy atom. The van der Waals surface area contributed by atoms with Gasteiger partial charge in [-0.05, 0) is 12.5 Å². The van der Waals surface area contributed by atoms with Gasteiger partial charge in [-0.15, -0.1) is 0 Å². The van der Waals surface area contributed by atoms with E-state index in [1.807, 2.05) is 6.92 Å². The van der Waals surface area contributed by atoms with E-state index in [0.29, 0.717) is 12.1 Å². The minimum Gasteiger partial charge on any atom is -0.292 e. The van der Waals surface area contributed by atoms with Gasteiger partial charge in [-0.2, -0.15) is 5.10 Å². The van der Waals surface area contributed by atoms with Crippen LogP contribution < -0.4 is 0 Å². The molecule has 0 N–H and O–H groups in total. The molecule has 1 rings (SSSR count). The third-order valence-corrected chi connectivity index (χ3v) is 1.91. The summed E-state index contributed by atoms with van der Waals surface area (Å²) in [5, 5.41) is 4.02. The van der Waals surface area contributed by atoms with Crippen LogP contribution in [-0.4, -0.2) is 15.6 Å². The quantitative estimate of drug-likeness (QED) is 0.521. The van der Waals surface area contributed by atoms with E-state index < -0.39 is 0 Å². The molecule has 0 aromatic carbocycles. The third kappa shape index (κ3) is 2.54. The molecular weight excluding hydrogens is 164 g/mol. The first-order chi connectivity index (χ1) is 6.13. The fourth-order valence-corrected chi connectivity index (χ4v) is 1.01. The van der Waals surface area contributed by atoms with Gasteiger partial charge in [0.25, 0.3) is 0 Å². The predicted molar refractivity (Wildman–Crippen MR) is 51.6 cm³/mol. The molecule has 3 heteroatoms. The Labute approximate surface area is 78.1 Å². The maximum absolute atomic E-state index is 11.5. The van der Waals surface area contributed by atoms with Crippen LogP contribution in [0.15, 0.2) is 24.4 Å². The number of allylic oxidation sites excluding steroid dienone is 1. The van der Waals surface area contributed by atoms with Gasteiger partial charge < -0.3 is 0 Å². The van der Waals surface area contributed by atoms with Crippen LogP contribution in [0.1, 0.15) is 30.3 Å². The van der Waals surface area contributed by atoms with Crippen LogP contribution in [0.4, 0.5) is 0 Å². The number of aryl methyl sites for hydroxylation is 1. The number of rotatable bonds is 4. The zero-order valence-corrected chi connectivity index (χ0v) is 8.08. The summed E-state index contributed by atoms with van der Waals surface area (Å²) < 4.78 is 1.63. The minimum absolute atomic E-state index is 0.0486. The Morgan fingerprint density at radius 1 is 1.69 bits per heavy atom. The highest BCUT2D eigenvalue weighted by Gasteiger charge is 2.09. The smallest absolute Gasteiger partial charge is 0.187 e. The number of carbonyl (C=O) groups is 1. The van der Waals surface area contributed by atoms with E-state index >= 15 is 0 Å². The van der Waals surface area contributed by atoms with Gasteiger partial charge in [0.2, 0.25) is 0 Å². The molecule has 0 aliphatic rings. The van der Waals surface area contributed by atoms with Crippen molar-refractivity contribution in [3.05, 3.63) is 30.1 Å². The van der Waals surface area contributed by atoms with Crippen molar-refractivity contribution in [3.8, 4) is 0 Å². The number of aromatic nitrogens is 2. The van der Waals surface area contributed by atoms with E-state index in [1.165, 1.54) is 0 Å². The number of nitrogens with zero attached hydrogens (tertiary/aromatic N) is 2. The molecule has 0 atom stereocenters. The second-order valence-electron chi connectivity index (χ2n) is 3.08. The molecule has 70 valence electrons. The SMILES string of the molecule is C=C(CC)CC(=O)c1ccn(C)n1. The molecule has 3 nitrogen and oxygen atoms in total. The van der Waals surface area contributed by atoms with Gasteiger partial charge >= 0.3 is 0 Å². The Balaban J connectivity index is 2.64. The first-order valence-corrected chi connectivity index (χ1v) is 4.33. The van der Waals surface area contributed by atoms with Gasteiger partial charge in [0.05, 0.1) is 0 Å². The number of hydrogen-bond donors (Lipinski definition) is 0. The summed E-state index contributed by atoms with van der Waals surface area (Å²) in [7, 11) is 1.80. The summed E-state index contributed by atoms with van der Waals surface area (Å²) in [5.74, 6) is 0.0486. The normalized spacial score (nSPS) is 10.0. The van der Waals surface area contributed by atoms with Gasteiger partial charge in [-0.25, -0.2) is 0 Å². The van der Waals surface area contributed by atoms with Crippen LogP contribution in [0, 0.1) is 0 Å². The van der Waals surface area contributed by atoms with Gasteiger partial charge in [-0.1, -0.05) is 19.1 Å². The zero-order valence-electron chi connectivity index (χ0n) is 8.08. The van der Waals surface area contributed by atoms with E-state index in [-0.39, 0.29) is 5.78 Å². The molecule has 0 saturated carbocycles. The number of Topliss-reactive ketones (excluding diaryl/α,β-unsaturated/α-hetero) is 1. The lowest BCUT2D eigenvalue weighted by atomic mass is 10.1. The molecule has 0 spiro atoms. The molecule has 0 amide bonds. The van der Waals surface area contributed by atoms with E-state index in [1.54, 1.807) is 24.0 Å². The van der Waals surface area contributed by atoms with Crippen LogP contribution in [0.3, 0.4) is 0 Å². The monoisotopic (exact) mass is 178 g/mol. The molecule has 1 aromatic rings. The highest BCUT2D eigenvalue weighted by Crippen LogP contribution is 2.08. The third-order valence-electron chi connectivity index (χ3n) is 1.91. The van der Waals surface area contributed by atoms with Crippen LogP contribution in [-0.2, 0) is 7.05 Å². The van der Waals surface area contributed by atoms with Crippen molar-refractivity contribution < 1.29 is 4.79 Å². The summed E-state index contributed by atoms with van der Waals surface area (Å²) in [6, 6.07) is 1.73. The van der Waals surface area contributed by atoms with Crippen LogP contribution in [0.2, 0.25) is 0 Å². The van der Waals surface area contributed by atoms with Crippen LogP contribution in [0.25, 0.3) is 0 Å². The molecule has 1 heterocycles. The maximum atomic E-state index is 11.5. The first kappa shape index (κ1) is 9.71. The van der Waals surface area contributed by atoms with E-state index in [0.717, 1.165) is 12.0 Å². The maximum Gasteiger partial charge on any atom is 0.187 e. The van der Waals surface area contributed by atoms with Crippen molar-refractivity contribution in [1.29, 1.82) is 0 Å². The number of carbonyl (C=O) groups excluding carboxylic acids is 1. The lowest BCUT2D eigenvalue weighted by Gasteiger charge is -1.98. The second-order valence-corrected chi connectivity index (χ2v) is 3.08. The number of hydrogen-bond acceptors (Lipinski definition) is 2. The van der Waals surface area contributed by atoms with Crippen molar-refractivity contribution in [2.24, 2.45) is 7.05 Å². The molecule has 0 bridgehead atoms. The molecule has 0 fully saturated rings. The summed E-state index contributed by atoms with van der Waals surface area (Å²) >= 11 is 0. The van der Waals surface area contributed by atoms with Crippen LogP contribution in [0.5, 0.6) is 0 Å². The Bertz CT molecular complexity index is 325. The van der Waals surface area contributed by atoms with Crippen molar-refractivity contribution >= 4 is 5.78 Å². The average molecular weight is 178 g/mol. The van der Waals surface area contributed by atoms with Gasteiger partial charge in [0, 0.05) is 19.7 Å². The average Bonchev–Trinajstić information content (AvgIpc) is 2.51. The molecule has 0 aliphatic heterocycles. The molecule has 1 aromatic heterocycles. The topological polar surface area (TPSA) is 34.9 Å². The molecule has 0 saturated heterocycles. The highest BCUT2D eigenvalue weighted by atomic mass is 16.1. The molecule has 13 heavy (non-hydrogen) atoms. The lowest BCUT2D eigenvalue weighted by Crippen LogP contribution is -2.02. The van der Waals surface area contributed by atoms with E-state index in [2.05, 4.69) is 11.7 Å². The zero-order chi connectivity index (χ0) is 9.84. The van der Waals surface area contributed by atoms with Crippen molar-refractivity contribution in [2.45, 2.75) is 19.8 Å². The van der Waals surface area contributed by atoms with Gasteiger partial charge in [-0.3, -0.25) is 9.48 Å². The standard InChI is InChI=1S/C10H14N2O/c1-4-8(2)7-10(13)9-5-6-12(3)11-9/h5-6H,2,4,7H2,1,3H3. The van der Waals surface area contributed by atoms with E-state index in [4.69, 9.17) is 0 Å². The summed E-state index contributed by atoms with van der Waals surface area (Å²) in [5.41, 5.74) is 1.48. The number of ketones is 1. The summed E-state index contributed by atoms with van der Waals surface area (Å²) in [6.07, 6.45) is 3.02. The molecule has 0 aliphatic carbocycles. The summed E-state index contributed by atoms with van der Waals surface area (Å²) in [6.45, 7) is 5.78. The Hall–Kier alpha value is -1.38. The molecule has 0 unspecified atom stereocenters. The lowest BCUT2D eigenvalue weighted by molar-refractivity contribution is 0.0987. The Kier molecular flexibility index (Phi) is 3.01. The summed E-state index contributed by atoms with van der Waals surface area (Å²) in [4.78, 5) is 11.5. The first-order valence-electron chi connectivity index (χ1n) is 4.33. The van der Waals surface area contributed by atoms with Gasteiger partial charge in [0.1, 0.15) is 5.69 Å². The Morgan fingerprint density at radius 3 is 2.85 bits per heavy atom. The van der Waals surface area contributed by atoms with Crippen LogP contribution >= 0.6 is 0 Å².